The Kier molecular flexibility index (Phi) is 3.27. The zero-order chi connectivity index (χ0) is 12.5. The van der Waals surface area contributed by atoms with Crippen molar-refractivity contribution in [2.45, 2.75) is 32.4 Å². The highest BCUT2D eigenvalue weighted by Crippen LogP contribution is 2.34. The van der Waals surface area contributed by atoms with Crippen molar-refractivity contribution in [3.05, 3.63) is 41.5 Å². The molecule has 0 spiro atoms. The molecule has 0 N–H and O–H groups in total. The van der Waals surface area contributed by atoms with Gasteiger partial charge >= 0.3 is 6.18 Å². The SMILES string of the molecule is CC1CC=C(c2cccc(C(F)(F)F)c2)CC1. The molecule has 92 valence electrons. The molecule has 0 heterocycles. The maximum absolute atomic E-state index is 12.6. The summed E-state index contributed by atoms with van der Waals surface area (Å²) in [4.78, 5) is 0. The van der Waals surface area contributed by atoms with Crippen LogP contribution < -0.4 is 0 Å². The number of halogens is 3. The third kappa shape index (κ3) is 2.90. The Morgan fingerprint density at radius 3 is 2.59 bits per heavy atom. The summed E-state index contributed by atoms with van der Waals surface area (Å²) in [6, 6.07) is 5.62. The molecule has 0 fully saturated rings. The molecule has 0 bridgehead atoms. The molecule has 0 amide bonds. The number of alkyl halides is 3. The second kappa shape index (κ2) is 4.55. The van der Waals surface area contributed by atoms with Gasteiger partial charge in [0.2, 0.25) is 0 Å². The van der Waals surface area contributed by atoms with Crippen molar-refractivity contribution >= 4 is 5.57 Å². The van der Waals surface area contributed by atoms with E-state index in [1.807, 2.05) is 0 Å². The van der Waals surface area contributed by atoms with Crippen LogP contribution >= 0.6 is 0 Å². The number of hydrogen-bond acceptors (Lipinski definition) is 0. The highest BCUT2D eigenvalue weighted by Gasteiger charge is 2.30. The first-order valence-electron chi connectivity index (χ1n) is 5.83. The zero-order valence-corrected chi connectivity index (χ0v) is 9.72. The van der Waals surface area contributed by atoms with Crippen molar-refractivity contribution < 1.29 is 13.2 Å². The fourth-order valence-corrected chi connectivity index (χ4v) is 2.12. The highest BCUT2D eigenvalue weighted by molar-refractivity contribution is 5.66. The van der Waals surface area contributed by atoms with Gasteiger partial charge in [-0.1, -0.05) is 25.1 Å². The minimum atomic E-state index is -4.25. The van der Waals surface area contributed by atoms with Crippen LogP contribution in [0.4, 0.5) is 13.2 Å². The summed E-state index contributed by atoms with van der Waals surface area (Å²) >= 11 is 0. The van der Waals surface area contributed by atoms with Crippen LogP contribution in [-0.2, 0) is 6.18 Å². The fourth-order valence-electron chi connectivity index (χ4n) is 2.12. The molecule has 0 saturated carbocycles. The molecule has 1 aliphatic carbocycles. The second-order valence-electron chi connectivity index (χ2n) is 4.69. The normalized spacial score (nSPS) is 21.2. The predicted octanol–water partition coefficient (Wildman–Crippen LogP) is 4.91. The van der Waals surface area contributed by atoms with Crippen molar-refractivity contribution in [2.24, 2.45) is 5.92 Å². The van der Waals surface area contributed by atoms with E-state index in [-0.39, 0.29) is 0 Å². The van der Waals surface area contributed by atoms with E-state index in [4.69, 9.17) is 0 Å². The molecule has 1 atom stereocenters. The van der Waals surface area contributed by atoms with Crippen LogP contribution in [0.2, 0.25) is 0 Å². The van der Waals surface area contributed by atoms with E-state index in [9.17, 15) is 13.2 Å². The minimum Gasteiger partial charge on any atom is -0.166 e. The quantitative estimate of drug-likeness (QED) is 0.654. The summed E-state index contributed by atoms with van der Waals surface area (Å²) in [5.41, 5.74) is 1.20. The Balaban J connectivity index is 2.28. The van der Waals surface area contributed by atoms with Gasteiger partial charge in [-0.15, -0.1) is 0 Å². The standard InChI is InChI=1S/C14H15F3/c1-10-5-7-11(8-6-10)12-3-2-4-13(9-12)14(15,16)17/h2-4,7,9-10H,5-6,8H2,1H3. The molecule has 1 unspecified atom stereocenters. The summed E-state index contributed by atoms with van der Waals surface area (Å²) in [6.45, 7) is 2.17. The third-order valence-electron chi connectivity index (χ3n) is 3.23. The van der Waals surface area contributed by atoms with E-state index in [0.717, 1.165) is 30.9 Å². The van der Waals surface area contributed by atoms with Crippen molar-refractivity contribution in [1.29, 1.82) is 0 Å². The van der Waals surface area contributed by atoms with Crippen LogP contribution in [0.5, 0.6) is 0 Å². The lowest BCUT2D eigenvalue weighted by Gasteiger charge is -2.19. The van der Waals surface area contributed by atoms with Crippen molar-refractivity contribution in [3.63, 3.8) is 0 Å². The molecule has 1 aliphatic rings. The molecule has 0 radical (unpaired) electrons. The Labute approximate surface area is 99.2 Å². The second-order valence-corrected chi connectivity index (χ2v) is 4.69. The van der Waals surface area contributed by atoms with Crippen LogP contribution in [0, 0.1) is 5.92 Å². The molecule has 0 saturated heterocycles. The van der Waals surface area contributed by atoms with Gasteiger partial charge in [-0.05, 0) is 48.4 Å². The molecule has 1 aromatic rings. The van der Waals surface area contributed by atoms with E-state index in [0.29, 0.717) is 11.5 Å². The lowest BCUT2D eigenvalue weighted by atomic mass is 9.87. The van der Waals surface area contributed by atoms with Crippen LogP contribution in [0.15, 0.2) is 30.3 Å². The molecule has 1 aromatic carbocycles. The van der Waals surface area contributed by atoms with E-state index in [1.54, 1.807) is 6.07 Å². The smallest absolute Gasteiger partial charge is 0.166 e. The minimum absolute atomic E-state index is 0.561. The van der Waals surface area contributed by atoms with Crippen molar-refractivity contribution in [3.8, 4) is 0 Å². The first kappa shape index (κ1) is 12.2. The number of hydrogen-bond donors (Lipinski definition) is 0. The van der Waals surface area contributed by atoms with Gasteiger partial charge in [0.15, 0.2) is 0 Å². The third-order valence-corrected chi connectivity index (χ3v) is 3.23. The zero-order valence-electron chi connectivity index (χ0n) is 9.72. The van der Waals surface area contributed by atoms with E-state index in [2.05, 4.69) is 13.0 Å². The monoisotopic (exact) mass is 240 g/mol. The van der Waals surface area contributed by atoms with Crippen LogP contribution in [0.1, 0.15) is 37.3 Å². The Bertz CT molecular complexity index is 429. The molecular weight excluding hydrogens is 225 g/mol. The Hall–Kier alpha value is -1.25. The largest absolute Gasteiger partial charge is 0.416 e. The van der Waals surface area contributed by atoms with Gasteiger partial charge in [0, 0.05) is 0 Å². The number of benzene rings is 1. The van der Waals surface area contributed by atoms with E-state index < -0.39 is 11.7 Å². The first-order valence-corrected chi connectivity index (χ1v) is 5.83. The van der Waals surface area contributed by atoms with Crippen LogP contribution in [0.25, 0.3) is 5.57 Å². The lowest BCUT2D eigenvalue weighted by Crippen LogP contribution is -2.06. The molecule has 2 rings (SSSR count). The highest BCUT2D eigenvalue weighted by atomic mass is 19.4. The summed E-state index contributed by atoms with van der Waals surface area (Å²) in [5, 5.41) is 0. The summed E-state index contributed by atoms with van der Waals surface area (Å²) in [6.07, 6.45) is 0.721. The van der Waals surface area contributed by atoms with Gasteiger partial charge in [0.05, 0.1) is 5.56 Å². The van der Waals surface area contributed by atoms with Gasteiger partial charge < -0.3 is 0 Å². The molecule has 3 heteroatoms. The van der Waals surface area contributed by atoms with Crippen molar-refractivity contribution in [2.75, 3.05) is 0 Å². The van der Waals surface area contributed by atoms with Gasteiger partial charge in [-0.25, -0.2) is 0 Å². The summed E-state index contributed by atoms with van der Waals surface area (Å²) < 4.78 is 37.7. The Morgan fingerprint density at radius 2 is 2.00 bits per heavy atom. The average Bonchev–Trinajstić information content (AvgIpc) is 2.29. The van der Waals surface area contributed by atoms with Crippen LogP contribution in [0.3, 0.4) is 0 Å². The summed E-state index contributed by atoms with van der Waals surface area (Å²) in [5.74, 6) is 0.643. The van der Waals surface area contributed by atoms with Crippen LogP contribution in [-0.4, -0.2) is 0 Å². The first-order chi connectivity index (χ1) is 7.97. The molecule has 0 nitrogen and oxygen atoms in total. The van der Waals surface area contributed by atoms with Gasteiger partial charge in [0.1, 0.15) is 0 Å². The predicted molar refractivity (Wildman–Crippen MR) is 62.4 cm³/mol. The van der Waals surface area contributed by atoms with Crippen molar-refractivity contribution in [1.82, 2.24) is 0 Å². The molecular formula is C14H15F3. The van der Waals surface area contributed by atoms with Gasteiger partial charge in [-0.3, -0.25) is 0 Å². The fraction of sp³-hybridized carbons (Fsp3) is 0.429. The molecule has 0 aromatic heterocycles. The Morgan fingerprint density at radius 1 is 1.24 bits per heavy atom. The molecule has 0 aliphatic heterocycles. The average molecular weight is 240 g/mol. The maximum atomic E-state index is 12.6. The van der Waals surface area contributed by atoms with Gasteiger partial charge in [-0.2, -0.15) is 13.2 Å². The number of rotatable bonds is 1. The molecule has 17 heavy (non-hydrogen) atoms. The van der Waals surface area contributed by atoms with Gasteiger partial charge in [0.25, 0.3) is 0 Å². The summed E-state index contributed by atoms with van der Waals surface area (Å²) in [7, 11) is 0. The van der Waals surface area contributed by atoms with E-state index >= 15 is 0 Å². The van der Waals surface area contributed by atoms with E-state index in [1.165, 1.54) is 12.1 Å². The lowest BCUT2D eigenvalue weighted by molar-refractivity contribution is -0.137. The maximum Gasteiger partial charge on any atom is 0.416 e. The topological polar surface area (TPSA) is 0 Å². The number of allylic oxidation sites excluding steroid dienone is 2.